The van der Waals surface area contributed by atoms with Crippen LogP contribution in [0.2, 0.25) is 0 Å². The van der Waals surface area contributed by atoms with E-state index in [0.717, 1.165) is 17.5 Å². The number of benzene rings is 2. The van der Waals surface area contributed by atoms with Crippen LogP contribution in [0.25, 0.3) is 0 Å². The molecule has 2 N–H and O–H groups in total. The Morgan fingerprint density at radius 2 is 1.50 bits per heavy atom. The van der Waals surface area contributed by atoms with Gasteiger partial charge < -0.3 is 15.4 Å². The molecule has 0 spiro atoms. The van der Waals surface area contributed by atoms with Gasteiger partial charge in [0.25, 0.3) is 11.8 Å². The zero-order chi connectivity index (χ0) is 22.9. The summed E-state index contributed by atoms with van der Waals surface area (Å²) < 4.78 is 30.7. The third kappa shape index (κ3) is 6.31. The van der Waals surface area contributed by atoms with Crippen LogP contribution in [0.3, 0.4) is 0 Å². The van der Waals surface area contributed by atoms with Gasteiger partial charge in [-0.2, -0.15) is 0 Å². The molecule has 2 aromatic carbocycles. The number of aryl methyl sites for hydroxylation is 1. The first-order valence-corrected chi connectivity index (χ1v) is 9.87. The van der Waals surface area contributed by atoms with Crippen LogP contribution in [0.4, 0.5) is 8.78 Å². The number of nitrogens with zero attached hydrogens (tertiary/aromatic N) is 2. The Kier molecular flexibility index (Phi) is 7.80. The summed E-state index contributed by atoms with van der Waals surface area (Å²) in [4.78, 5) is 32.6. The molecule has 0 radical (unpaired) electrons. The Hall–Kier alpha value is -3.88. The molecule has 0 bridgehead atoms. The summed E-state index contributed by atoms with van der Waals surface area (Å²) in [7, 11) is 0. The minimum absolute atomic E-state index is 0.0107. The number of carbonyl (C=O) groups is 2. The van der Waals surface area contributed by atoms with Gasteiger partial charge in [0.1, 0.15) is 42.6 Å². The summed E-state index contributed by atoms with van der Waals surface area (Å²) in [5, 5.41) is 5.40. The maximum Gasteiger partial charge on any atom is 0.270 e. The number of hydrogen-bond acceptors (Lipinski definition) is 5. The van der Waals surface area contributed by atoms with Crippen molar-refractivity contribution in [1.82, 2.24) is 20.6 Å². The van der Waals surface area contributed by atoms with Crippen molar-refractivity contribution in [3.8, 4) is 5.75 Å². The summed E-state index contributed by atoms with van der Waals surface area (Å²) >= 11 is 0. The summed E-state index contributed by atoms with van der Waals surface area (Å²) in [6.45, 7) is 1.49. The van der Waals surface area contributed by atoms with Gasteiger partial charge in [-0.3, -0.25) is 9.59 Å². The number of amides is 2. The van der Waals surface area contributed by atoms with Crippen molar-refractivity contribution < 1.29 is 23.1 Å². The van der Waals surface area contributed by atoms with E-state index < -0.39 is 18.5 Å². The maximum absolute atomic E-state index is 13.4. The van der Waals surface area contributed by atoms with Crippen molar-refractivity contribution in [3.05, 3.63) is 88.8 Å². The second-order valence-corrected chi connectivity index (χ2v) is 6.92. The van der Waals surface area contributed by atoms with Crippen molar-refractivity contribution in [3.63, 3.8) is 0 Å². The van der Waals surface area contributed by atoms with Gasteiger partial charge in [0.05, 0.1) is 0 Å². The highest BCUT2D eigenvalue weighted by Crippen LogP contribution is 2.12. The number of rotatable bonds is 9. The van der Waals surface area contributed by atoms with Gasteiger partial charge in [-0.1, -0.05) is 24.3 Å². The Bertz CT molecular complexity index is 1090. The highest BCUT2D eigenvalue weighted by Gasteiger charge is 2.13. The first-order valence-electron chi connectivity index (χ1n) is 9.87. The fraction of sp³-hybridized carbons (Fsp3) is 0.217. The van der Waals surface area contributed by atoms with Crippen LogP contribution in [-0.2, 0) is 13.1 Å². The van der Waals surface area contributed by atoms with Gasteiger partial charge in [0.15, 0.2) is 0 Å². The Balaban J connectivity index is 1.55. The van der Waals surface area contributed by atoms with E-state index in [4.69, 9.17) is 4.74 Å². The molecule has 2 amide bonds. The predicted molar refractivity (Wildman–Crippen MR) is 113 cm³/mol. The average molecular weight is 440 g/mol. The quantitative estimate of drug-likeness (QED) is 0.533. The minimum Gasteiger partial charge on any atom is -0.491 e. The van der Waals surface area contributed by atoms with Crippen LogP contribution in [0.15, 0.2) is 54.9 Å². The third-order valence-electron chi connectivity index (χ3n) is 4.53. The lowest BCUT2D eigenvalue weighted by Crippen LogP contribution is -2.27. The van der Waals surface area contributed by atoms with Crippen LogP contribution in [0.5, 0.6) is 5.75 Å². The van der Waals surface area contributed by atoms with Crippen molar-refractivity contribution in [1.29, 1.82) is 0 Å². The molecule has 3 rings (SSSR count). The highest BCUT2D eigenvalue weighted by atomic mass is 19.1. The number of aromatic nitrogens is 2. The van der Waals surface area contributed by atoms with Gasteiger partial charge in [-0.15, -0.1) is 0 Å². The van der Waals surface area contributed by atoms with Crippen molar-refractivity contribution in [2.75, 3.05) is 13.3 Å². The number of carbonyl (C=O) groups excluding carboxylic acids is 2. The third-order valence-corrected chi connectivity index (χ3v) is 4.53. The largest absolute Gasteiger partial charge is 0.491 e. The molecule has 1 aromatic heterocycles. The highest BCUT2D eigenvalue weighted by molar-refractivity contribution is 5.97. The summed E-state index contributed by atoms with van der Waals surface area (Å²) in [5.41, 5.74) is 2.13. The lowest BCUT2D eigenvalue weighted by molar-refractivity contribution is 0.0944. The molecule has 0 saturated carbocycles. The van der Waals surface area contributed by atoms with Crippen LogP contribution >= 0.6 is 0 Å². The number of nitrogens with one attached hydrogen (secondary N) is 2. The van der Waals surface area contributed by atoms with Crippen molar-refractivity contribution in [2.45, 2.75) is 20.0 Å². The Labute approximate surface area is 183 Å². The SMILES string of the molecule is Cc1cc(CNC(=O)c2cc(C(=O)NCc3ccc(OCCF)cc3)ncn2)ccc1F. The van der Waals surface area contributed by atoms with E-state index in [1.54, 1.807) is 43.3 Å². The van der Waals surface area contributed by atoms with Gasteiger partial charge in [0, 0.05) is 19.2 Å². The van der Waals surface area contributed by atoms with Crippen molar-refractivity contribution in [2.24, 2.45) is 0 Å². The van der Waals surface area contributed by atoms with Crippen LogP contribution < -0.4 is 15.4 Å². The van der Waals surface area contributed by atoms with Gasteiger partial charge >= 0.3 is 0 Å². The van der Waals surface area contributed by atoms with Crippen LogP contribution in [-0.4, -0.2) is 35.1 Å². The molecule has 0 aliphatic carbocycles. The van der Waals surface area contributed by atoms with E-state index in [1.807, 2.05) is 0 Å². The number of halogens is 2. The van der Waals surface area contributed by atoms with E-state index in [2.05, 4.69) is 20.6 Å². The molecular formula is C23H22F2N4O3. The lowest BCUT2D eigenvalue weighted by Gasteiger charge is -2.08. The number of ether oxygens (including phenoxy) is 1. The molecule has 166 valence electrons. The maximum atomic E-state index is 13.4. The fourth-order valence-corrected chi connectivity index (χ4v) is 2.83. The topological polar surface area (TPSA) is 93.2 Å². The fourth-order valence-electron chi connectivity index (χ4n) is 2.83. The lowest BCUT2D eigenvalue weighted by atomic mass is 10.1. The van der Waals surface area contributed by atoms with Crippen LogP contribution in [0.1, 0.15) is 37.7 Å². The minimum atomic E-state index is -0.567. The van der Waals surface area contributed by atoms with Crippen molar-refractivity contribution >= 4 is 11.8 Å². The Morgan fingerprint density at radius 1 is 0.906 bits per heavy atom. The van der Waals surface area contributed by atoms with E-state index in [9.17, 15) is 18.4 Å². The average Bonchev–Trinajstić information content (AvgIpc) is 2.82. The normalized spacial score (nSPS) is 10.5. The second-order valence-electron chi connectivity index (χ2n) is 6.92. The molecule has 32 heavy (non-hydrogen) atoms. The predicted octanol–water partition coefficient (Wildman–Crippen LogP) is 3.13. The van der Waals surface area contributed by atoms with Gasteiger partial charge in [-0.05, 0) is 41.8 Å². The monoisotopic (exact) mass is 440 g/mol. The smallest absolute Gasteiger partial charge is 0.270 e. The van der Waals surface area contributed by atoms with E-state index >= 15 is 0 Å². The van der Waals surface area contributed by atoms with Crippen LogP contribution in [0, 0.1) is 12.7 Å². The first kappa shape index (κ1) is 22.8. The zero-order valence-electron chi connectivity index (χ0n) is 17.4. The number of hydrogen-bond donors (Lipinski definition) is 2. The molecule has 0 unspecified atom stereocenters. The molecule has 7 nitrogen and oxygen atoms in total. The molecule has 0 fully saturated rings. The molecule has 9 heteroatoms. The molecular weight excluding hydrogens is 418 g/mol. The zero-order valence-corrected chi connectivity index (χ0v) is 17.4. The number of alkyl halides is 1. The standard InChI is InChI=1S/C23H22F2N4O3/c1-15-10-17(4-7-19(15)25)13-27-23(31)21-11-20(28-14-29-21)22(30)26-12-16-2-5-18(6-3-16)32-9-8-24/h2-7,10-11,14H,8-9,12-13H2,1H3,(H,26,30)(H,27,31). The van der Waals surface area contributed by atoms with E-state index in [0.29, 0.717) is 11.3 Å². The first-order chi connectivity index (χ1) is 15.5. The molecule has 0 atom stereocenters. The summed E-state index contributed by atoms with van der Waals surface area (Å²) in [6, 6.07) is 12.8. The van der Waals surface area contributed by atoms with E-state index in [1.165, 1.54) is 12.1 Å². The van der Waals surface area contributed by atoms with Gasteiger partial charge in [-0.25, -0.2) is 18.7 Å². The summed E-state index contributed by atoms with van der Waals surface area (Å²) in [5.74, 6) is -0.715. The summed E-state index contributed by atoms with van der Waals surface area (Å²) in [6.07, 6.45) is 1.14. The second kappa shape index (κ2) is 10.9. The molecule has 3 aromatic rings. The molecule has 0 aliphatic heterocycles. The van der Waals surface area contributed by atoms with Gasteiger partial charge in [0.2, 0.25) is 0 Å². The Morgan fingerprint density at radius 3 is 2.09 bits per heavy atom. The molecule has 0 aliphatic rings. The molecule has 1 heterocycles. The molecule has 0 saturated heterocycles. The van der Waals surface area contributed by atoms with E-state index in [-0.39, 0.29) is 36.9 Å².